The lowest BCUT2D eigenvalue weighted by atomic mass is 10.0. The Hall–Kier alpha value is -3.81. The molecule has 30 heavy (non-hydrogen) atoms. The molecule has 0 unspecified atom stereocenters. The molecule has 0 fully saturated rings. The molecule has 0 aliphatic carbocycles. The third-order valence-corrected chi connectivity index (χ3v) is 4.72. The first kappa shape index (κ1) is 19.5. The number of imidazole rings is 1. The van der Waals surface area contributed by atoms with Gasteiger partial charge in [0.15, 0.2) is 0 Å². The van der Waals surface area contributed by atoms with Gasteiger partial charge < -0.3 is 4.74 Å². The number of amides is 1. The van der Waals surface area contributed by atoms with Crippen LogP contribution in [0.1, 0.15) is 28.7 Å². The smallest absolute Gasteiger partial charge is 0.387 e. The van der Waals surface area contributed by atoms with Crippen LogP contribution in [0.3, 0.4) is 0 Å². The summed E-state index contributed by atoms with van der Waals surface area (Å²) in [5.41, 5.74) is 4.73. The number of aromatic nitrogens is 2. The molecule has 0 bridgehead atoms. The molecule has 1 N–H and O–H groups in total. The molecule has 2 aromatic heterocycles. The number of nitrogens with zero attached hydrogens (tertiary/aromatic N) is 3. The highest BCUT2D eigenvalue weighted by molar-refractivity contribution is 6.07. The molecule has 4 aromatic rings. The third kappa shape index (κ3) is 3.59. The van der Waals surface area contributed by atoms with Gasteiger partial charge >= 0.3 is 6.61 Å². The van der Waals surface area contributed by atoms with E-state index in [0.717, 1.165) is 5.39 Å². The van der Waals surface area contributed by atoms with E-state index >= 15 is 0 Å². The lowest BCUT2D eigenvalue weighted by molar-refractivity contribution is -0.0489. The molecule has 8 heteroatoms. The molecule has 6 nitrogen and oxygen atoms in total. The number of hydrazone groups is 1. The van der Waals surface area contributed by atoms with Crippen LogP contribution in [0, 0.1) is 6.92 Å². The number of pyridine rings is 1. The van der Waals surface area contributed by atoms with Gasteiger partial charge in [0.25, 0.3) is 5.91 Å². The van der Waals surface area contributed by atoms with Gasteiger partial charge in [-0.1, -0.05) is 36.4 Å². The molecule has 0 radical (unpaired) electrons. The minimum absolute atomic E-state index is 0.0181. The number of hydrogen-bond acceptors (Lipinski definition) is 4. The summed E-state index contributed by atoms with van der Waals surface area (Å²) in [4.78, 5) is 17.1. The average Bonchev–Trinajstić information content (AvgIpc) is 3.07. The van der Waals surface area contributed by atoms with Gasteiger partial charge in [-0.05, 0) is 37.4 Å². The van der Waals surface area contributed by atoms with Crippen LogP contribution < -0.4 is 10.2 Å². The quantitative estimate of drug-likeness (QED) is 0.389. The molecule has 152 valence electrons. The van der Waals surface area contributed by atoms with E-state index in [4.69, 9.17) is 4.74 Å². The molecular formula is C22H18F2N4O2. The predicted octanol–water partition coefficient (Wildman–Crippen LogP) is 4.55. The second-order valence-corrected chi connectivity index (χ2v) is 6.65. The fourth-order valence-electron chi connectivity index (χ4n) is 3.38. The van der Waals surface area contributed by atoms with Crippen LogP contribution in [0.15, 0.2) is 65.9 Å². The maximum Gasteiger partial charge on any atom is 0.387 e. The van der Waals surface area contributed by atoms with Gasteiger partial charge in [-0.15, -0.1) is 0 Å². The molecule has 2 heterocycles. The van der Waals surface area contributed by atoms with Gasteiger partial charge in [-0.2, -0.15) is 13.9 Å². The molecular weight excluding hydrogens is 390 g/mol. The first-order chi connectivity index (χ1) is 14.5. The van der Waals surface area contributed by atoms with Crippen molar-refractivity contribution in [3.05, 3.63) is 77.7 Å². The van der Waals surface area contributed by atoms with Crippen molar-refractivity contribution in [3.8, 4) is 5.75 Å². The summed E-state index contributed by atoms with van der Waals surface area (Å²) >= 11 is 0. The minimum atomic E-state index is -2.99. The lowest BCUT2D eigenvalue weighted by Gasteiger charge is -2.14. The van der Waals surface area contributed by atoms with Crippen molar-refractivity contribution in [1.29, 1.82) is 0 Å². The van der Waals surface area contributed by atoms with Gasteiger partial charge in [0, 0.05) is 17.1 Å². The molecule has 0 saturated heterocycles. The van der Waals surface area contributed by atoms with Gasteiger partial charge in [0.1, 0.15) is 17.1 Å². The normalized spacial score (nSPS) is 12.0. The zero-order valence-electron chi connectivity index (χ0n) is 16.3. The highest BCUT2D eigenvalue weighted by Gasteiger charge is 2.18. The Bertz CT molecular complexity index is 1280. The standard InChI is InChI=1S/C22H18F2N4O2/c1-13(16-11-10-15-7-3-4-8-17(15)20(16)30-22(23)24)26-27-21(29)19-14(2)25-18-9-5-6-12-28(18)19/h3-12,22H,1-2H3,(H,27,29)/b26-13-. The van der Waals surface area contributed by atoms with Crippen molar-refractivity contribution in [1.82, 2.24) is 14.8 Å². The van der Waals surface area contributed by atoms with E-state index in [2.05, 4.69) is 15.5 Å². The second-order valence-electron chi connectivity index (χ2n) is 6.65. The van der Waals surface area contributed by atoms with Crippen molar-refractivity contribution >= 4 is 28.0 Å². The van der Waals surface area contributed by atoms with E-state index in [9.17, 15) is 13.6 Å². The molecule has 0 aliphatic rings. The first-order valence-corrected chi connectivity index (χ1v) is 9.21. The van der Waals surface area contributed by atoms with Crippen molar-refractivity contribution in [3.63, 3.8) is 0 Å². The van der Waals surface area contributed by atoms with Gasteiger partial charge in [0.2, 0.25) is 0 Å². The summed E-state index contributed by atoms with van der Waals surface area (Å²) in [6.07, 6.45) is 1.73. The number of hydrogen-bond donors (Lipinski definition) is 1. The number of nitrogens with one attached hydrogen (secondary N) is 1. The molecule has 4 rings (SSSR count). The average molecular weight is 408 g/mol. The van der Waals surface area contributed by atoms with E-state index in [1.807, 2.05) is 12.1 Å². The van der Waals surface area contributed by atoms with Crippen molar-refractivity contribution < 1.29 is 18.3 Å². The number of benzene rings is 2. The number of halogens is 2. The fourth-order valence-corrected chi connectivity index (χ4v) is 3.38. The predicted molar refractivity (Wildman–Crippen MR) is 110 cm³/mol. The van der Waals surface area contributed by atoms with Crippen LogP contribution in [-0.4, -0.2) is 27.6 Å². The van der Waals surface area contributed by atoms with Gasteiger partial charge in [-0.3, -0.25) is 9.20 Å². The summed E-state index contributed by atoms with van der Waals surface area (Å²) in [6.45, 7) is 0.359. The number of carbonyl (C=O) groups excluding carboxylic acids is 1. The Morgan fingerprint density at radius 1 is 1.13 bits per heavy atom. The van der Waals surface area contributed by atoms with E-state index in [1.54, 1.807) is 66.9 Å². The van der Waals surface area contributed by atoms with Gasteiger partial charge in [-0.25, -0.2) is 10.4 Å². The zero-order chi connectivity index (χ0) is 21.3. The maximum atomic E-state index is 13.0. The highest BCUT2D eigenvalue weighted by Crippen LogP contribution is 2.31. The largest absolute Gasteiger partial charge is 0.433 e. The maximum absolute atomic E-state index is 13.0. The van der Waals surface area contributed by atoms with E-state index in [1.165, 1.54) is 0 Å². The third-order valence-electron chi connectivity index (χ3n) is 4.72. The lowest BCUT2D eigenvalue weighted by Crippen LogP contribution is -2.22. The van der Waals surface area contributed by atoms with E-state index < -0.39 is 12.5 Å². The number of alkyl halides is 2. The van der Waals surface area contributed by atoms with E-state index in [-0.39, 0.29) is 5.75 Å². The molecule has 0 atom stereocenters. The van der Waals surface area contributed by atoms with E-state index in [0.29, 0.717) is 33.7 Å². The Morgan fingerprint density at radius 3 is 2.70 bits per heavy atom. The van der Waals surface area contributed by atoms with Crippen LogP contribution in [0.5, 0.6) is 5.75 Å². The number of aryl methyl sites for hydroxylation is 1. The second kappa shape index (κ2) is 7.90. The number of ether oxygens (including phenoxy) is 1. The molecule has 0 spiro atoms. The van der Waals surface area contributed by atoms with Crippen molar-refractivity contribution in [2.75, 3.05) is 0 Å². The topological polar surface area (TPSA) is 68.0 Å². The Morgan fingerprint density at radius 2 is 1.90 bits per heavy atom. The highest BCUT2D eigenvalue weighted by atomic mass is 19.3. The Labute approximate surface area is 170 Å². The van der Waals surface area contributed by atoms with Crippen molar-refractivity contribution in [2.45, 2.75) is 20.5 Å². The summed E-state index contributed by atoms with van der Waals surface area (Å²) in [6, 6.07) is 15.9. The molecule has 0 saturated carbocycles. The number of rotatable bonds is 5. The van der Waals surface area contributed by atoms with Crippen LogP contribution in [-0.2, 0) is 0 Å². The monoisotopic (exact) mass is 408 g/mol. The summed E-state index contributed by atoms with van der Waals surface area (Å²) in [7, 11) is 0. The summed E-state index contributed by atoms with van der Waals surface area (Å²) in [5, 5.41) is 5.42. The van der Waals surface area contributed by atoms with Crippen LogP contribution in [0.2, 0.25) is 0 Å². The van der Waals surface area contributed by atoms with Crippen LogP contribution >= 0.6 is 0 Å². The summed E-state index contributed by atoms with van der Waals surface area (Å²) in [5.74, 6) is -0.438. The Balaban J connectivity index is 1.69. The molecule has 1 amide bonds. The zero-order valence-corrected chi connectivity index (χ0v) is 16.3. The Kier molecular flexibility index (Phi) is 5.14. The van der Waals surface area contributed by atoms with Crippen LogP contribution in [0.25, 0.3) is 16.4 Å². The van der Waals surface area contributed by atoms with Crippen LogP contribution in [0.4, 0.5) is 8.78 Å². The number of fused-ring (bicyclic) bond motifs is 2. The first-order valence-electron chi connectivity index (χ1n) is 9.21. The SMILES string of the molecule is C/C(=N/NC(=O)c1c(C)nc2ccccn12)c1ccc2ccccc2c1OC(F)F. The summed E-state index contributed by atoms with van der Waals surface area (Å²) < 4.78 is 32.5. The van der Waals surface area contributed by atoms with Crippen molar-refractivity contribution in [2.24, 2.45) is 5.10 Å². The minimum Gasteiger partial charge on any atom is -0.433 e. The number of carbonyl (C=O) groups is 1. The molecule has 2 aromatic carbocycles. The molecule has 0 aliphatic heterocycles. The van der Waals surface area contributed by atoms with Gasteiger partial charge in [0.05, 0.1) is 11.4 Å². The fraction of sp³-hybridized carbons (Fsp3) is 0.136.